The van der Waals surface area contributed by atoms with E-state index in [4.69, 9.17) is 24.5 Å². The summed E-state index contributed by atoms with van der Waals surface area (Å²) in [7, 11) is 0. The lowest BCUT2D eigenvalue weighted by Crippen LogP contribution is -2.28. The molecule has 2 N–H and O–H groups in total. The number of hydrogen-bond acceptors (Lipinski definition) is 5. The van der Waals surface area contributed by atoms with Gasteiger partial charge in [0.25, 0.3) is 0 Å². The maximum atomic E-state index is 9.10. The molecule has 0 aliphatic heterocycles. The Balaban J connectivity index is 0.000000450. The molecule has 2 rings (SSSR count). The van der Waals surface area contributed by atoms with Gasteiger partial charge in [0, 0.05) is 18.8 Å². The average molecular weight is 355 g/mol. The lowest BCUT2D eigenvalue weighted by Gasteiger charge is -2.21. The maximum absolute atomic E-state index is 9.10. The third kappa shape index (κ3) is 8.02. The number of ether oxygens (including phenoxy) is 1. The third-order valence-electron chi connectivity index (χ3n) is 4.27. The molecule has 8 heteroatoms. The summed E-state index contributed by atoms with van der Waals surface area (Å²) >= 11 is 0. The highest BCUT2D eigenvalue weighted by molar-refractivity contribution is 6.27. The van der Waals surface area contributed by atoms with Gasteiger partial charge < -0.3 is 19.8 Å². The average Bonchev–Trinajstić information content (AvgIpc) is 3.09. The second-order valence-corrected chi connectivity index (χ2v) is 5.91. The maximum Gasteiger partial charge on any atom is 0.414 e. The Hall–Kier alpha value is -2.09. The molecule has 1 fully saturated rings. The van der Waals surface area contributed by atoms with Crippen LogP contribution < -0.4 is 4.74 Å². The molecule has 1 aliphatic carbocycles. The zero-order valence-corrected chi connectivity index (χ0v) is 15.1. The molecule has 1 saturated carbocycles. The smallest absolute Gasteiger partial charge is 0.414 e. The number of likely N-dealkylation sites (N-methyl/N-ethyl adjacent to an activating group) is 1. The summed E-state index contributed by atoms with van der Waals surface area (Å²) in [6, 6.07) is 2.59. The van der Waals surface area contributed by atoms with Crippen molar-refractivity contribution in [3.05, 3.63) is 12.3 Å². The van der Waals surface area contributed by atoms with Crippen molar-refractivity contribution < 1.29 is 24.5 Å². The van der Waals surface area contributed by atoms with Gasteiger partial charge in [-0.1, -0.05) is 33.1 Å². The first-order valence-corrected chi connectivity index (χ1v) is 8.84. The van der Waals surface area contributed by atoms with Crippen LogP contribution in [0.1, 0.15) is 52.0 Å². The topological polar surface area (TPSA) is 105 Å². The summed E-state index contributed by atoms with van der Waals surface area (Å²) in [5.41, 5.74) is 0. The van der Waals surface area contributed by atoms with Crippen LogP contribution in [0.5, 0.6) is 5.88 Å². The van der Waals surface area contributed by atoms with Crippen LogP contribution in [-0.2, 0) is 9.59 Å². The first kappa shape index (κ1) is 21.0. The van der Waals surface area contributed by atoms with Crippen molar-refractivity contribution in [3.63, 3.8) is 0 Å². The lowest BCUT2D eigenvalue weighted by atomic mass is 9.96. The molecule has 142 valence electrons. The number of carboxylic acids is 2. The van der Waals surface area contributed by atoms with Crippen LogP contribution in [0.2, 0.25) is 0 Å². The highest BCUT2D eigenvalue weighted by Crippen LogP contribution is 2.28. The summed E-state index contributed by atoms with van der Waals surface area (Å²) < 4.78 is 7.84. The zero-order chi connectivity index (χ0) is 18.7. The quantitative estimate of drug-likeness (QED) is 0.723. The van der Waals surface area contributed by atoms with E-state index in [9.17, 15) is 0 Å². The molecule has 0 amide bonds. The van der Waals surface area contributed by atoms with Gasteiger partial charge >= 0.3 is 11.9 Å². The molecule has 8 nitrogen and oxygen atoms in total. The van der Waals surface area contributed by atoms with Gasteiger partial charge in [0.1, 0.15) is 6.61 Å². The van der Waals surface area contributed by atoms with Crippen LogP contribution in [0, 0.1) is 0 Å². The summed E-state index contributed by atoms with van der Waals surface area (Å²) in [5, 5.41) is 19.3. The number of rotatable bonds is 7. The first-order valence-electron chi connectivity index (χ1n) is 8.84. The Labute approximate surface area is 148 Å². The molecule has 0 aromatic carbocycles. The van der Waals surface area contributed by atoms with Crippen molar-refractivity contribution in [2.24, 2.45) is 0 Å². The van der Waals surface area contributed by atoms with E-state index in [1.54, 1.807) is 0 Å². The molecule has 0 saturated heterocycles. The van der Waals surface area contributed by atoms with E-state index < -0.39 is 11.9 Å². The minimum atomic E-state index is -1.82. The molecular weight excluding hydrogens is 326 g/mol. The summed E-state index contributed by atoms with van der Waals surface area (Å²) in [6.45, 7) is 8.22. The Bertz CT molecular complexity index is 510. The normalized spacial score (nSPS) is 14.7. The van der Waals surface area contributed by atoms with Crippen molar-refractivity contribution in [1.29, 1.82) is 0 Å². The summed E-state index contributed by atoms with van der Waals surface area (Å²) in [4.78, 5) is 20.6. The standard InChI is InChI=1S/C15H27N3O.C2H2O4/c1-3-17(4-2)12-13-19-15-10-11-18(16-15)14-8-6-5-7-9-14;3-1(4)2(5)6/h10-11,14H,3-9,12-13H2,1-2H3;(H,3,4)(H,5,6). The summed E-state index contributed by atoms with van der Waals surface area (Å²) in [5.74, 6) is -2.87. The van der Waals surface area contributed by atoms with E-state index in [-0.39, 0.29) is 0 Å². The number of nitrogens with zero attached hydrogens (tertiary/aromatic N) is 3. The van der Waals surface area contributed by atoms with Gasteiger partial charge in [0.15, 0.2) is 0 Å². The van der Waals surface area contributed by atoms with Gasteiger partial charge in [-0.3, -0.25) is 4.68 Å². The third-order valence-corrected chi connectivity index (χ3v) is 4.27. The zero-order valence-electron chi connectivity index (χ0n) is 15.1. The first-order chi connectivity index (χ1) is 12.0. The molecule has 25 heavy (non-hydrogen) atoms. The van der Waals surface area contributed by atoms with E-state index >= 15 is 0 Å². The van der Waals surface area contributed by atoms with Crippen molar-refractivity contribution in [2.75, 3.05) is 26.2 Å². The molecule has 1 aromatic rings. The molecule has 0 atom stereocenters. The van der Waals surface area contributed by atoms with Crippen LogP contribution in [0.15, 0.2) is 12.3 Å². The monoisotopic (exact) mass is 355 g/mol. The molecule has 1 aliphatic rings. The minimum absolute atomic E-state index is 0.592. The fraction of sp³-hybridized carbons (Fsp3) is 0.706. The lowest BCUT2D eigenvalue weighted by molar-refractivity contribution is -0.159. The fourth-order valence-electron chi connectivity index (χ4n) is 2.77. The molecule has 1 heterocycles. The molecule has 0 spiro atoms. The predicted octanol–water partition coefficient (Wildman–Crippen LogP) is 2.26. The summed E-state index contributed by atoms with van der Waals surface area (Å²) in [6.07, 6.45) is 8.65. The highest BCUT2D eigenvalue weighted by atomic mass is 16.5. The molecule has 0 bridgehead atoms. The Morgan fingerprint density at radius 2 is 1.80 bits per heavy atom. The van der Waals surface area contributed by atoms with Crippen molar-refractivity contribution in [2.45, 2.75) is 52.0 Å². The molecular formula is C17H29N3O5. The van der Waals surface area contributed by atoms with Crippen molar-refractivity contribution in [1.82, 2.24) is 14.7 Å². The Kier molecular flexibility index (Phi) is 9.61. The second kappa shape index (κ2) is 11.5. The number of carboxylic acid groups (broad SMARTS) is 2. The van der Waals surface area contributed by atoms with Gasteiger partial charge in [-0.15, -0.1) is 5.10 Å². The number of hydrogen-bond donors (Lipinski definition) is 2. The molecule has 0 radical (unpaired) electrons. The van der Waals surface area contributed by atoms with Crippen molar-refractivity contribution in [3.8, 4) is 5.88 Å². The van der Waals surface area contributed by atoms with Gasteiger partial charge in [-0.2, -0.15) is 0 Å². The fourth-order valence-corrected chi connectivity index (χ4v) is 2.77. The van der Waals surface area contributed by atoms with E-state index in [0.717, 1.165) is 32.1 Å². The van der Waals surface area contributed by atoms with Crippen molar-refractivity contribution >= 4 is 11.9 Å². The van der Waals surface area contributed by atoms with Crippen LogP contribution in [0.4, 0.5) is 0 Å². The van der Waals surface area contributed by atoms with E-state index in [1.165, 1.54) is 32.1 Å². The van der Waals surface area contributed by atoms with Crippen LogP contribution >= 0.6 is 0 Å². The van der Waals surface area contributed by atoms with E-state index in [0.29, 0.717) is 6.04 Å². The van der Waals surface area contributed by atoms with E-state index in [1.807, 2.05) is 6.07 Å². The van der Waals surface area contributed by atoms with Gasteiger partial charge in [0.05, 0.1) is 6.04 Å². The minimum Gasteiger partial charge on any atom is -0.475 e. The highest BCUT2D eigenvalue weighted by Gasteiger charge is 2.16. The van der Waals surface area contributed by atoms with Crippen LogP contribution in [0.25, 0.3) is 0 Å². The number of aromatic nitrogens is 2. The Morgan fingerprint density at radius 3 is 2.32 bits per heavy atom. The van der Waals surface area contributed by atoms with Crippen LogP contribution in [-0.4, -0.2) is 63.1 Å². The largest absolute Gasteiger partial charge is 0.475 e. The van der Waals surface area contributed by atoms with Crippen LogP contribution in [0.3, 0.4) is 0 Å². The van der Waals surface area contributed by atoms with Gasteiger partial charge in [-0.25, -0.2) is 9.59 Å². The predicted molar refractivity (Wildman–Crippen MR) is 92.9 cm³/mol. The van der Waals surface area contributed by atoms with E-state index in [2.05, 4.69) is 34.7 Å². The molecule has 0 unspecified atom stereocenters. The van der Waals surface area contributed by atoms with Gasteiger partial charge in [0.2, 0.25) is 5.88 Å². The number of carbonyl (C=O) groups is 2. The SMILES string of the molecule is CCN(CC)CCOc1ccn(C2CCCCC2)n1.O=C(O)C(=O)O. The Morgan fingerprint density at radius 1 is 1.20 bits per heavy atom. The molecule has 1 aromatic heterocycles. The number of aliphatic carboxylic acids is 2. The van der Waals surface area contributed by atoms with Gasteiger partial charge in [-0.05, 0) is 25.9 Å². The second-order valence-electron chi connectivity index (χ2n) is 5.91.